The molecule has 1 heterocycles. The Labute approximate surface area is 148 Å². The number of phenols is 1. The number of aromatic hydroxyl groups is 1. The molecule has 0 saturated heterocycles. The summed E-state index contributed by atoms with van der Waals surface area (Å²) < 4.78 is 5.94. The first-order chi connectivity index (χ1) is 11.7. The van der Waals surface area contributed by atoms with E-state index in [0.717, 1.165) is 17.7 Å². The highest BCUT2D eigenvalue weighted by atomic mass is 16.5. The molecule has 5 heteroatoms. The largest absolute Gasteiger partial charge is 0.504 e. The summed E-state index contributed by atoms with van der Waals surface area (Å²) in [6.07, 6.45) is 0.724. The van der Waals surface area contributed by atoms with Crippen LogP contribution >= 0.6 is 0 Å². The lowest BCUT2D eigenvalue weighted by atomic mass is 9.52. The van der Waals surface area contributed by atoms with Gasteiger partial charge in [-0.15, -0.1) is 0 Å². The molecule has 0 spiro atoms. The van der Waals surface area contributed by atoms with Crippen LogP contribution in [0.15, 0.2) is 12.1 Å². The monoisotopic (exact) mass is 345 g/mol. The molecule has 0 aromatic heterocycles. The predicted octanol–water partition coefficient (Wildman–Crippen LogP) is 2.02. The predicted molar refractivity (Wildman–Crippen MR) is 94.0 cm³/mol. The number of ether oxygens (including phenoxy) is 1. The molecule has 25 heavy (non-hydrogen) atoms. The normalized spacial score (nSPS) is 35.9. The molecule has 0 amide bonds. The van der Waals surface area contributed by atoms with Gasteiger partial charge in [0.05, 0.1) is 11.0 Å². The highest BCUT2D eigenvalue weighted by molar-refractivity contribution is 5.89. The highest BCUT2D eigenvalue weighted by Gasteiger charge is 2.69. The smallest absolute Gasteiger partial charge is 0.174 e. The Morgan fingerprint density at radius 1 is 1.40 bits per heavy atom. The SMILES string of the molecule is CC(C)CN(C)[C@@H]1Cc2ccc(O)c3c2C2(C)[C@@H](O3)C(=O)CC[C@@]12O. The lowest BCUT2D eigenvalue weighted by molar-refractivity contribution is -0.164. The van der Waals surface area contributed by atoms with Gasteiger partial charge in [-0.2, -0.15) is 0 Å². The van der Waals surface area contributed by atoms with Crippen LogP contribution in [0.25, 0.3) is 0 Å². The van der Waals surface area contributed by atoms with Crippen LogP contribution in [0.3, 0.4) is 0 Å². The Hall–Kier alpha value is -1.59. The fraction of sp³-hybridized carbons (Fsp3) is 0.650. The molecule has 2 aliphatic carbocycles. The van der Waals surface area contributed by atoms with Crippen molar-refractivity contribution in [1.29, 1.82) is 0 Å². The quantitative estimate of drug-likeness (QED) is 0.877. The van der Waals surface area contributed by atoms with Crippen LogP contribution in [0, 0.1) is 5.92 Å². The molecule has 5 nitrogen and oxygen atoms in total. The third-order valence-electron chi connectivity index (χ3n) is 6.60. The van der Waals surface area contributed by atoms with Crippen molar-refractivity contribution in [2.24, 2.45) is 5.92 Å². The van der Waals surface area contributed by atoms with E-state index in [0.29, 0.717) is 30.9 Å². The molecule has 4 atom stereocenters. The Balaban J connectivity index is 1.91. The van der Waals surface area contributed by atoms with Gasteiger partial charge in [-0.3, -0.25) is 9.69 Å². The lowest BCUT2D eigenvalue weighted by Gasteiger charge is -2.57. The number of benzene rings is 1. The number of hydrogen-bond acceptors (Lipinski definition) is 5. The molecule has 3 aliphatic rings. The van der Waals surface area contributed by atoms with Crippen LogP contribution in [0.1, 0.15) is 44.7 Å². The number of hydrogen-bond donors (Lipinski definition) is 2. The number of nitrogens with zero attached hydrogens (tertiary/aromatic N) is 1. The van der Waals surface area contributed by atoms with E-state index < -0.39 is 17.1 Å². The van der Waals surface area contributed by atoms with Crippen molar-refractivity contribution in [1.82, 2.24) is 4.90 Å². The molecule has 136 valence electrons. The molecule has 2 N–H and O–H groups in total. The zero-order chi connectivity index (χ0) is 18.1. The van der Waals surface area contributed by atoms with Gasteiger partial charge < -0.3 is 14.9 Å². The molecule has 1 aromatic rings. The second kappa shape index (κ2) is 5.21. The standard InChI is InChI=1S/C20H27NO4/c1-11(2)10-21(4)15-9-12-5-6-13(22)17-16(12)19(3)18(25-17)14(23)7-8-20(15,19)24/h5-6,11,15,18,22,24H,7-10H2,1-4H3/t15-,18+,19?,20-/m1/s1. The minimum absolute atomic E-state index is 0.0147. The van der Waals surface area contributed by atoms with Gasteiger partial charge in [0.1, 0.15) is 0 Å². The Bertz CT molecular complexity index is 745. The summed E-state index contributed by atoms with van der Waals surface area (Å²) in [6, 6.07) is 3.48. The minimum atomic E-state index is -1.05. The van der Waals surface area contributed by atoms with Crippen molar-refractivity contribution in [3.05, 3.63) is 23.3 Å². The molecule has 4 rings (SSSR count). The second-order valence-corrected chi connectivity index (χ2v) is 8.59. The fourth-order valence-corrected chi connectivity index (χ4v) is 5.49. The first-order valence-electron chi connectivity index (χ1n) is 9.17. The van der Waals surface area contributed by atoms with Crippen molar-refractivity contribution >= 4 is 5.78 Å². The first kappa shape index (κ1) is 16.9. The number of rotatable bonds is 3. The molecule has 1 fully saturated rings. The number of aliphatic hydroxyl groups is 1. The van der Waals surface area contributed by atoms with Crippen molar-refractivity contribution in [2.75, 3.05) is 13.6 Å². The van der Waals surface area contributed by atoms with Crippen molar-refractivity contribution in [3.63, 3.8) is 0 Å². The summed E-state index contributed by atoms with van der Waals surface area (Å²) in [5.74, 6) is 0.946. The van der Waals surface area contributed by atoms with Gasteiger partial charge >= 0.3 is 0 Å². The van der Waals surface area contributed by atoms with Gasteiger partial charge in [0, 0.05) is 24.6 Å². The van der Waals surface area contributed by atoms with E-state index in [1.807, 2.05) is 13.0 Å². The first-order valence-corrected chi connectivity index (χ1v) is 9.17. The maximum absolute atomic E-state index is 12.6. The maximum Gasteiger partial charge on any atom is 0.174 e. The van der Waals surface area contributed by atoms with Crippen LogP contribution in [0.5, 0.6) is 11.5 Å². The van der Waals surface area contributed by atoms with Gasteiger partial charge in [0.25, 0.3) is 0 Å². The van der Waals surface area contributed by atoms with Gasteiger partial charge in [0.2, 0.25) is 0 Å². The molecular weight excluding hydrogens is 318 g/mol. The summed E-state index contributed by atoms with van der Waals surface area (Å²) in [4.78, 5) is 14.8. The molecule has 0 bridgehead atoms. The Kier molecular flexibility index (Phi) is 3.51. The van der Waals surface area contributed by atoms with Crippen LogP contribution in [0.4, 0.5) is 0 Å². The van der Waals surface area contributed by atoms with Crippen LogP contribution in [-0.4, -0.2) is 52.2 Å². The number of Topliss-reactive ketones (excluding diaryl/α,β-unsaturated/α-hetero) is 1. The lowest BCUT2D eigenvalue weighted by Crippen LogP contribution is -2.71. The second-order valence-electron chi connectivity index (χ2n) is 8.59. The maximum atomic E-state index is 12.6. The summed E-state index contributed by atoms with van der Waals surface area (Å²) in [7, 11) is 2.06. The Morgan fingerprint density at radius 2 is 2.12 bits per heavy atom. The van der Waals surface area contributed by atoms with Gasteiger partial charge in [-0.25, -0.2) is 0 Å². The van der Waals surface area contributed by atoms with E-state index in [9.17, 15) is 15.0 Å². The summed E-state index contributed by atoms with van der Waals surface area (Å²) in [5.41, 5.74) is 0.0290. The fourth-order valence-electron chi connectivity index (χ4n) is 5.49. The minimum Gasteiger partial charge on any atom is -0.504 e. The van der Waals surface area contributed by atoms with Crippen LogP contribution in [0.2, 0.25) is 0 Å². The summed E-state index contributed by atoms with van der Waals surface area (Å²) in [5, 5.41) is 22.2. The van der Waals surface area contributed by atoms with E-state index in [1.54, 1.807) is 6.07 Å². The third kappa shape index (κ3) is 1.99. The van der Waals surface area contributed by atoms with Crippen LogP contribution < -0.4 is 4.74 Å². The molecular formula is C20H27NO4. The van der Waals surface area contributed by atoms with Gasteiger partial charge in [-0.05, 0) is 44.4 Å². The zero-order valence-electron chi connectivity index (χ0n) is 15.4. The molecule has 1 unspecified atom stereocenters. The topological polar surface area (TPSA) is 70.0 Å². The number of phenolic OH excluding ortho intramolecular Hbond substituents is 1. The van der Waals surface area contributed by atoms with Crippen molar-refractivity contribution < 1.29 is 19.7 Å². The van der Waals surface area contributed by atoms with E-state index >= 15 is 0 Å². The number of carbonyl (C=O) groups excluding carboxylic acids is 1. The van der Waals surface area contributed by atoms with Crippen LogP contribution in [-0.2, 0) is 16.6 Å². The summed E-state index contributed by atoms with van der Waals surface area (Å²) >= 11 is 0. The zero-order valence-corrected chi connectivity index (χ0v) is 15.4. The molecule has 0 radical (unpaired) electrons. The number of ketones is 1. The third-order valence-corrected chi connectivity index (χ3v) is 6.60. The molecule has 1 saturated carbocycles. The number of likely N-dealkylation sites (N-methyl/N-ethyl adjacent to an activating group) is 1. The van der Waals surface area contributed by atoms with E-state index in [1.165, 1.54) is 0 Å². The van der Waals surface area contributed by atoms with E-state index in [4.69, 9.17) is 4.74 Å². The average molecular weight is 345 g/mol. The molecule has 1 aromatic carbocycles. The average Bonchev–Trinajstić information content (AvgIpc) is 2.87. The molecule has 1 aliphatic heterocycles. The Morgan fingerprint density at radius 3 is 2.80 bits per heavy atom. The van der Waals surface area contributed by atoms with E-state index in [-0.39, 0.29) is 17.6 Å². The van der Waals surface area contributed by atoms with Gasteiger partial charge in [-0.1, -0.05) is 19.9 Å². The number of carbonyl (C=O) groups is 1. The van der Waals surface area contributed by atoms with Gasteiger partial charge in [0.15, 0.2) is 23.4 Å². The van der Waals surface area contributed by atoms with E-state index in [2.05, 4.69) is 25.8 Å². The summed E-state index contributed by atoms with van der Waals surface area (Å²) in [6.45, 7) is 7.16. The highest BCUT2D eigenvalue weighted by Crippen LogP contribution is 2.61. The van der Waals surface area contributed by atoms with Crippen molar-refractivity contribution in [3.8, 4) is 11.5 Å². The van der Waals surface area contributed by atoms with Crippen molar-refractivity contribution in [2.45, 2.75) is 63.2 Å².